The molecule has 0 amide bonds. The Hall–Kier alpha value is -1.65. The van der Waals surface area contributed by atoms with Gasteiger partial charge in [-0.3, -0.25) is 0 Å². The molecule has 2 atom stereocenters. The Morgan fingerprint density at radius 2 is 1.79 bits per heavy atom. The van der Waals surface area contributed by atoms with Crippen LogP contribution in [0.4, 0.5) is 0 Å². The molecule has 0 saturated carbocycles. The van der Waals surface area contributed by atoms with E-state index in [9.17, 15) is 15.0 Å². The van der Waals surface area contributed by atoms with Crippen molar-refractivity contribution in [1.82, 2.24) is 0 Å². The van der Waals surface area contributed by atoms with E-state index in [4.69, 9.17) is 4.74 Å². The molecular formula is C19H20O4Se. The van der Waals surface area contributed by atoms with Crippen LogP contribution in [0, 0.1) is 5.92 Å². The summed E-state index contributed by atoms with van der Waals surface area (Å²) in [7, 11) is 0. The molecule has 0 aliphatic carbocycles. The van der Waals surface area contributed by atoms with E-state index in [1.54, 1.807) is 0 Å². The number of hydrogen-bond acceptors (Lipinski definition) is 4. The predicted octanol–water partition coefficient (Wildman–Crippen LogP) is 1.38. The van der Waals surface area contributed by atoms with Crippen LogP contribution in [0.25, 0.3) is 0 Å². The number of cyclic esters (lactones) is 1. The first kappa shape index (κ1) is 17.2. The van der Waals surface area contributed by atoms with Crippen molar-refractivity contribution in [3.63, 3.8) is 0 Å². The standard InChI is InChI=1S/C19H20O4Se/c20-11-14-6-4-5-9-17(14)24-13-19(16-7-2-1-3-8-16)10-15(12-21)18(22)23-19/h1-9,15,20-21H,10-13H2/t15-,19+/m1/s1. The molecule has 1 saturated heterocycles. The summed E-state index contributed by atoms with van der Waals surface area (Å²) >= 11 is 0.0415. The van der Waals surface area contributed by atoms with Crippen molar-refractivity contribution in [1.29, 1.82) is 0 Å². The fourth-order valence-electron chi connectivity index (χ4n) is 3.00. The summed E-state index contributed by atoms with van der Waals surface area (Å²) in [5.74, 6) is -0.790. The van der Waals surface area contributed by atoms with Crippen molar-refractivity contribution in [2.75, 3.05) is 6.61 Å². The van der Waals surface area contributed by atoms with Gasteiger partial charge in [0.2, 0.25) is 0 Å². The monoisotopic (exact) mass is 392 g/mol. The molecule has 0 unspecified atom stereocenters. The van der Waals surface area contributed by atoms with Gasteiger partial charge in [0, 0.05) is 0 Å². The molecule has 0 radical (unpaired) electrons. The second kappa shape index (κ2) is 7.49. The molecule has 24 heavy (non-hydrogen) atoms. The van der Waals surface area contributed by atoms with Crippen LogP contribution in [-0.4, -0.2) is 37.7 Å². The van der Waals surface area contributed by atoms with Crippen LogP contribution in [0.3, 0.4) is 0 Å². The molecule has 4 nitrogen and oxygen atoms in total. The van der Waals surface area contributed by atoms with Gasteiger partial charge in [0.15, 0.2) is 0 Å². The third-order valence-electron chi connectivity index (χ3n) is 4.33. The summed E-state index contributed by atoms with van der Waals surface area (Å²) in [5.41, 5.74) is 1.20. The Morgan fingerprint density at radius 1 is 1.08 bits per heavy atom. The second-order valence-electron chi connectivity index (χ2n) is 5.92. The fourth-order valence-corrected chi connectivity index (χ4v) is 5.57. The zero-order valence-corrected chi connectivity index (χ0v) is 14.9. The number of benzene rings is 2. The molecule has 2 aromatic carbocycles. The molecule has 0 aromatic heterocycles. The number of esters is 1. The molecule has 2 N–H and O–H groups in total. The molecule has 1 heterocycles. The molecule has 0 bridgehead atoms. The van der Waals surface area contributed by atoms with E-state index in [2.05, 4.69) is 0 Å². The quantitative estimate of drug-likeness (QED) is 0.577. The summed E-state index contributed by atoms with van der Waals surface area (Å²) in [4.78, 5) is 12.1. The van der Waals surface area contributed by atoms with Gasteiger partial charge in [-0.05, 0) is 0 Å². The number of aliphatic hydroxyl groups excluding tert-OH is 2. The van der Waals surface area contributed by atoms with Gasteiger partial charge in [-0.2, -0.15) is 0 Å². The predicted molar refractivity (Wildman–Crippen MR) is 92.0 cm³/mol. The maximum atomic E-state index is 12.1. The van der Waals surface area contributed by atoms with Gasteiger partial charge >= 0.3 is 147 Å². The summed E-state index contributed by atoms with van der Waals surface area (Å²) < 4.78 is 6.90. The van der Waals surface area contributed by atoms with Gasteiger partial charge in [-0.15, -0.1) is 0 Å². The number of aliphatic hydroxyl groups is 2. The number of ether oxygens (including phenoxy) is 1. The van der Waals surface area contributed by atoms with Crippen LogP contribution in [0.5, 0.6) is 0 Å². The van der Waals surface area contributed by atoms with E-state index < -0.39 is 11.5 Å². The van der Waals surface area contributed by atoms with Gasteiger partial charge in [0.05, 0.1) is 0 Å². The van der Waals surface area contributed by atoms with E-state index in [1.165, 1.54) is 0 Å². The Bertz CT molecular complexity index is 704. The SMILES string of the molecule is O=C1O[C@@](C[Se]c2ccccc2CO)(c2ccccc2)C[C@@H]1CO. The third-order valence-corrected chi connectivity index (χ3v) is 7.10. The number of hydrogen-bond donors (Lipinski definition) is 2. The summed E-state index contributed by atoms with van der Waals surface area (Å²) in [6, 6.07) is 17.6. The van der Waals surface area contributed by atoms with Gasteiger partial charge < -0.3 is 0 Å². The van der Waals surface area contributed by atoms with Crippen LogP contribution < -0.4 is 4.46 Å². The molecular weight excluding hydrogens is 371 g/mol. The van der Waals surface area contributed by atoms with E-state index >= 15 is 0 Å². The molecule has 3 rings (SSSR count). The first-order valence-corrected chi connectivity index (χ1v) is 9.96. The van der Waals surface area contributed by atoms with E-state index in [0.29, 0.717) is 11.7 Å². The van der Waals surface area contributed by atoms with Crippen LogP contribution in [0.15, 0.2) is 54.6 Å². The Kier molecular flexibility index (Phi) is 5.36. The zero-order chi connectivity index (χ0) is 17.0. The summed E-state index contributed by atoms with van der Waals surface area (Å²) in [6.45, 7) is -0.178. The van der Waals surface area contributed by atoms with Crippen molar-refractivity contribution in [2.45, 2.75) is 23.9 Å². The Labute approximate surface area is 147 Å². The maximum absolute atomic E-state index is 12.1. The Balaban J connectivity index is 1.88. The molecule has 1 fully saturated rings. The topological polar surface area (TPSA) is 66.8 Å². The van der Waals surface area contributed by atoms with Crippen LogP contribution in [0.2, 0.25) is 5.32 Å². The van der Waals surface area contributed by atoms with Crippen molar-refractivity contribution in [3.05, 3.63) is 65.7 Å². The molecule has 126 valence electrons. The van der Waals surface area contributed by atoms with E-state index in [1.807, 2.05) is 54.6 Å². The van der Waals surface area contributed by atoms with E-state index in [-0.39, 0.29) is 34.1 Å². The first-order chi connectivity index (χ1) is 11.7. The molecule has 0 spiro atoms. The van der Waals surface area contributed by atoms with Gasteiger partial charge in [-0.1, -0.05) is 0 Å². The molecule has 1 aliphatic heterocycles. The van der Waals surface area contributed by atoms with Crippen molar-refractivity contribution < 1.29 is 19.7 Å². The minimum atomic E-state index is -0.686. The van der Waals surface area contributed by atoms with Gasteiger partial charge in [0.25, 0.3) is 0 Å². The average molecular weight is 391 g/mol. The molecule has 5 heteroatoms. The van der Waals surface area contributed by atoms with Gasteiger partial charge in [0.1, 0.15) is 0 Å². The third kappa shape index (κ3) is 3.40. The number of rotatable bonds is 6. The van der Waals surface area contributed by atoms with Crippen molar-refractivity contribution >= 4 is 25.4 Å². The Morgan fingerprint density at radius 3 is 2.46 bits per heavy atom. The fraction of sp³-hybridized carbons (Fsp3) is 0.316. The average Bonchev–Trinajstić information content (AvgIpc) is 2.98. The number of carbonyl (C=O) groups excluding carboxylic acids is 1. The second-order valence-corrected chi connectivity index (χ2v) is 8.05. The van der Waals surface area contributed by atoms with Gasteiger partial charge in [-0.25, -0.2) is 0 Å². The molecule has 2 aromatic rings. The normalized spacial score (nSPS) is 23.2. The number of carbonyl (C=O) groups is 1. The van der Waals surface area contributed by atoms with Crippen LogP contribution in [0.1, 0.15) is 17.5 Å². The van der Waals surface area contributed by atoms with Crippen LogP contribution >= 0.6 is 0 Å². The zero-order valence-electron chi connectivity index (χ0n) is 13.2. The summed E-state index contributed by atoms with van der Waals surface area (Å²) in [6.07, 6.45) is 0.495. The van der Waals surface area contributed by atoms with Crippen molar-refractivity contribution in [2.24, 2.45) is 5.92 Å². The summed E-state index contributed by atoms with van der Waals surface area (Å²) in [5, 5.41) is 19.6. The first-order valence-electron chi connectivity index (χ1n) is 7.89. The van der Waals surface area contributed by atoms with E-state index in [0.717, 1.165) is 15.6 Å². The minimum absolute atomic E-state index is 0.00924. The van der Waals surface area contributed by atoms with Crippen molar-refractivity contribution in [3.8, 4) is 0 Å². The molecule has 1 aliphatic rings. The van der Waals surface area contributed by atoms with Crippen LogP contribution in [-0.2, 0) is 21.7 Å².